The molecule has 2 aromatic rings. The van der Waals surface area contributed by atoms with Gasteiger partial charge in [0, 0.05) is 46.2 Å². The van der Waals surface area contributed by atoms with Crippen LogP contribution in [0, 0.1) is 0 Å². The normalized spacial score (nSPS) is 17.2. The second kappa shape index (κ2) is 9.35. The summed E-state index contributed by atoms with van der Waals surface area (Å²) >= 11 is 18.6. The van der Waals surface area contributed by atoms with Crippen molar-refractivity contribution >= 4 is 54.3 Å². The van der Waals surface area contributed by atoms with E-state index >= 15 is 0 Å². The Kier molecular flexibility index (Phi) is 7.27. The number of hydrogen-bond acceptors (Lipinski definition) is 4. The second-order valence-electron chi connectivity index (χ2n) is 8.52. The Morgan fingerprint density at radius 2 is 2.03 bits per heavy atom. The first kappa shape index (κ1) is 22.6. The van der Waals surface area contributed by atoms with E-state index in [0.717, 1.165) is 22.4 Å². The highest BCUT2D eigenvalue weighted by Crippen LogP contribution is 2.43. The third kappa shape index (κ3) is 5.52. The van der Waals surface area contributed by atoms with Gasteiger partial charge >= 0.3 is 0 Å². The number of rotatable bonds is 8. The molecule has 0 bridgehead atoms. The third-order valence-corrected chi connectivity index (χ3v) is 7.90. The van der Waals surface area contributed by atoms with Crippen LogP contribution in [-0.2, 0) is 11.8 Å². The summed E-state index contributed by atoms with van der Waals surface area (Å²) in [6.07, 6.45) is 4.29. The zero-order valence-corrected chi connectivity index (χ0v) is 20.6. The van der Waals surface area contributed by atoms with Gasteiger partial charge in [0.15, 0.2) is 6.79 Å². The largest absolute Gasteiger partial charge is 0.467 e. The van der Waals surface area contributed by atoms with E-state index in [1.807, 2.05) is 23.9 Å². The molecule has 1 unspecified atom stereocenters. The van der Waals surface area contributed by atoms with Gasteiger partial charge in [-0.25, -0.2) is 4.98 Å². The fourth-order valence-electron chi connectivity index (χ4n) is 3.33. The molecular formula is C20H27Cl2N3O2SSi. The molecule has 1 aromatic carbocycles. The topological polar surface area (TPSA) is 39.5 Å². The zero-order valence-electron chi connectivity index (χ0n) is 17.2. The Morgan fingerprint density at radius 1 is 1.28 bits per heavy atom. The molecule has 2 heterocycles. The van der Waals surface area contributed by atoms with Crippen molar-refractivity contribution in [3.05, 3.63) is 40.3 Å². The van der Waals surface area contributed by atoms with E-state index in [2.05, 4.69) is 29.5 Å². The minimum atomic E-state index is -1.13. The number of halogens is 2. The van der Waals surface area contributed by atoms with Crippen LogP contribution in [0.5, 0.6) is 5.75 Å². The highest BCUT2D eigenvalue weighted by molar-refractivity contribution is 7.80. The zero-order chi connectivity index (χ0) is 21.2. The number of benzene rings is 1. The number of ether oxygens (including phenoxy) is 2. The number of nitrogens with zero attached hydrogens (tertiary/aromatic N) is 3. The summed E-state index contributed by atoms with van der Waals surface area (Å²) in [4.78, 5) is 7.15. The Bertz CT molecular complexity index is 885. The summed E-state index contributed by atoms with van der Waals surface area (Å²) in [6.45, 7) is 8.57. The van der Waals surface area contributed by atoms with Crippen molar-refractivity contribution in [3.63, 3.8) is 0 Å². The van der Waals surface area contributed by atoms with Gasteiger partial charge in [0.05, 0.1) is 27.6 Å². The first-order valence-corrected chi connectivity index (χ1v) is 14.5. The quantitative estimate of drug-likeness (QED) is 0.212. The summed E-state index contributed by atoms with van der Waals surface area (Å²) < 4.78 is 13.6. The lowest BCUT2D eigenvalue weighted by Crippen LogP contribution is -2.25. The number of aromatic nitrogens is 2. The van der Waals surface area contributed by atoms with E-state index in [0.29, 0.717) is 35.4 Å². The molecule has 5 nitrogen and oxygen atoms in total. The average molecular weight is 473 g/mol. The lowest BCUT2D eigenvalue weighted by Gasteiger charge is -2.21. The van der Waals surface area contributed by atoms with Crippen molar-refractivity contribution in [3.8, 4) is 5.75 Å². The van der Waals surface area contributed by atoms with Crippen LogP contribution in [-0.4, -0.2) is 42.6 Å². The van der Waals surface area contributed by atoms with Crippen LogP contribution >= 0.6 is 35.4 Å². The fourth-order valence-corrected chi connectivity index (χ4v) is 4.93. The molecule has 29 heavy (non-hydrogen) atoms. The number of thiocarbonyl (C=S) groups is 1. The predicted molar refractivity (Wildman–Crippen MR) is 127 cm³/mol. The van der Waals surface area contributed by atoms with E-state index in [1.54, 1.807) is 12.4 Å². The number of hydrogen-bond donors (Lipinski definition) is 0. The molecule has 0 N–H and O–H groups in total. The van der Waals surface area contributed by atoms with Crippen LogP contribution in [0.2, 0.25) is 35.7 Å². The molecule has 0 aliphatic carbocycles. The molecule has 0 radical (unpaired) electrons. The van der Waals surface area contributed by atoms with Crippen LogP contribution in [0.1, 0.15) is 17.9 Å². The lowest BCUT2D eigenvalue weighted by molar-refractivity contribution is 0.0213. The Labute approximate surface area is 188 Å². The van der Waals surface area contributed by atoms with Gasteiger partial charge in [-0.05, 0) is 18.2 Å². The second-order valence-corrected chi connectivity index (χ2v) is 15.4. The summed E-state index contributed by atoms with van der Waals surface area (Å²) in [5, 5.41) is 1.03. The highest BCUT2D eigenvalue weighted by Gasteiger charge is 2.34. The molecule has 1 aromatic heterocycles. The minimum Gasteiger partial charge on any atom is -0.467 e. The van der Waals surface area contributed by atoms with Crippen molar-refractivity contribution in [2.45, 2.75) is 38.0 Å². The molecule has 1 atom stereocenters. The van der Waals surface area contributed by atoms with Gasteiger partial charge in [-0.1, -0.05) is 55.1 Å². The summed E-state index contributed by atoms with van der Waals surface area (Å²) in [5.41, 5.74) is 0.889. The monoisotopic (exact) mass is 471 g/mol. The van der Waals surface area contributed by atoms with E-state index in [-0.39, 0.29) is 12.7 Å². The van der Waals surface area contributed by atoms with Gasteiger partial charge in [0.1, 0.15) is 11.6 Å². The fraction of sp³-hybridized carbons (Fsp3) is 0.500. The van der Waals surface area contributed by atoms with Crippen molar-refractivity contribution < 1.29 is 9.47 Å². The standard InChI is InChI=1S/C20H27Cl2N3O2SSi/c1-24-12-23-10-17(24)25-11-14(9-18(25)28)19-16(6-5-15(21)20(19)22)27-13-26-7-8-29(2,3)4/h5-6,10,12,14H,7-9,11,13H2,1-4H3. The Balaban J connectivity index is 1.74. The molecule has 1 aliphatic rings. The van der Waals surface area contributed by atoms with Crippen LogP contribution in [0.25, 0.3) is 0 Å². The number of anilines is 1. The summed E-state index contributed by atoms with van der Waals surface area (Å²) in [7, 11) is 0.828. The van der Waals surface area contributed by atoms with Crippen LogP contribution in [0.3, 0.4) is 0 Å². The van der Waals surface area contributed by atoms with Gasteiger partial charge in [-0.3, -0.25) is 0 Å². The van der Waals surface area contributed by atoms with Crippen molar-refractivity contribution in [2.24, 2.45) is 7.05 Å². The average Bonchev–Trinajstić information content (AvgIpc) is 3.22. The van der Waals surface area contributed by atoms with Gasteiger partial charge in [0.2, 0.25) is 0 Å². The smallest absolute Gasteiger partial charge is 0.189 e. The minimum absolute atomic E-state index is 0.0839. The van der Waals surface area contributed by atoms with Crippen molar-refractivity contribution in [1.29, 1.82) is 0 Å². The maximum absolute atomic E-state index is 6.60. The predicted octanol–water partition coefficient (Wildman–Crippen LogP) is 5.74. The van der Waals surface area contributed by atoms with Crippen LogP contribution < -0.4 is 9.64 Å². The molecule has 0 spiro atoms. The molecular weight excluding hydrogens is 445 g/mol. The molecule has 1 saturated heterocycles. The Hall–Kier alpha value is -1.12. The first-order chi connectivity index (χ1) is 13.7. The first-order valence-electron chi connectivity index (χ1n) is 9.62. The summed E-state index contributed by atoms with van der Waals surface area (Å²) in [5.74, 6) is 1.75. The summed E-state index contributed by atoms with van der Waals surface area (Å²) in [6, 6.07) is 4.72. The van der Waals surface area contributed by atoms with E-state index in [9.17, 15) is 0 Å². The van der Waals surface area contributed by atoms with E-state index in [1.165, 1.54) is 0 Å². The molecule has 9 heteroatoms. The molecule has 1 aliphatic heterocycles. The van der Waals surface area contributed by atoms with Crippen LogP contribution in [0.15, 0.2) is 24.7 Å². The van der Waals surface area contributed by atoms with Crippen molar-refractivity contribution in [2.75, 3.05) is 24.8 Å². The molecule has 158 valence electrons. The number of aryl methyl sites for hydroxylation is 1. The SMILES string of the molecule is Cn1cncc1N1CC(c2c(OCOCC[Si](C)(C)C)ccc(Cl)c2Cl)CC1=S. The molecule has 3 rings (SSSR count). The van der Waals surface area contributed by atoms with E-state index < -0.39 is 8.07 Å². The van der Waals surface area contributed by atoms with Gasteiger partial charge < -0.3 is 18.9 Å². The highest BCUT2D eigenvalue weighted by atomic mass is 35.5. The van der Waals surface area contributed by atoms with E-state index in [4.69, 9.17) is 44.9 Å². The van der Waals surface area contributed by atoms with Crippen molar-refractivity contribution in [1.82, 2.24) is 9.55 Å². The third-order valence-electron chi connectivity index (χ3n) is 4.99. The Morgan fingerprint density at radius 3 is 2.69 bits per heavy atom. The van der Waals surface area contributed by atoms with Gasteiger partial charge in [0.25, 0.3) is 0 Å². The molecule has 0 saturated carbocycles. The molecule has 0 amide bonds. The van der Waals surface area contributed by atoms with Crippen LogP contribution in [0.4, 0.5) is 5.82 Å². The van der Waals surface area contributed by atoms with Gasteiger partial charge in [-0.2, -0.15) is 0 Å². The number of imidazole rings is 1. The maximum atomic E-state index is 6.60. The molecule has 1 fully saturated rings. The maximum Gasteiger partial charge on any atom is 0.189 e. The lowest BCUT2D eigenvalue weighted by atomic mass is 9.97. The van der Waals surface area contributed by atoms with Gasteiger partial charge in [-0.15, -0.1) is 0 Å².